The van der Waals surface area contributed by atoms with Crippen LogP contribution in [0.1, 0.15) is 32.7 Å². The molecule has 41 heavy (non-hydrogen) atoms. The Morgan fingerprint density at radius 2 is 1.73 bits per heavy atom. The topological polar surface area (TPSA) is 125 Å². The molecule has 0 unspecified atom stereocenters. The molecule has 0 bridgehead atoms. The number of fused-ring (bicyclic) bond motifs is 3. The van der Waals surface area contributed by atoms with Gasteiger partial charge in [-0.05, 0) is 60.0 Å². The molecule has 3 aromatic carbocycles. The maximum absolute atomic E-state index is 13.5. The molecule has 0 fully saturated rings. The number of nitrogens with two attached hydrogens (primary N) is 1. The average Bonchev–Trinajstić information content (AvgIpc) is 3.33. The minimum Gasteiger partial charge on any atom is -0.465 e. The molecule has 2 aliphatic rings. The van der Waals surface area contributed by atoms with Crippen molar-refractivity contribution in [1.82, 2.24) is 9.78 Å². The van der Waals surface area contributed by atoms with Crippen molar-refractivity contribution in [2.24, 2.45) is 5.73 Å². The Morgan fingerprint density at radius 3 is 2.46 bits per heavy atom. The number of para-hydroxylation sites is 2. The van der Waals surface area contributed by atoms with Crippen LogP contribution in [0.15, 0.2) is 72.9 Å². The molecule has 2 aliphatic heterocycles. The van der Waals surface area contributed by atoms with Crippen molar-refractivity contribution < 1.29 is 23.9 Å². The monoisotopic (exact) mass is 556 g/mol. The van der Waals surface area contributed by atoms with E-state index in [1.165, 1.54) is 30.1 Å². The zero-order valence-electron chi connectivity index (χ0n) is 22.6. The predicted octanol–water partition coefficient (Wildman–Crippen LogP) is 4.15. The quantitative estimate of drug-likeness (QED) is 0.382. The minimum absolute atomic E-state index is 0.00577. The molecule has 3 heterocycles. The number of benzene rings is 3. The van der Waals surface area contributed by atoms with E-state index in [1.54, 1.807) is 6.20 Å². The van der Waals surface area contributed by atoms with Gasteiger partial charge >= 0.3 is 6.09 Å². The molecular formula is C30H29FN6O4. The first-order valence-electron chi connectivity index (χ1n) is 12.9. The van der Waals surface area contributed by atoms with Crippen molar-refractivity contribution in [3.63, 3.8) is 0 Å². The molecule has 0 atom stereocenters. The number of carbonyl (C=O) groups excluding carboxylic acids is 2. The molecule has 1 aromatic heterocycles. The lowest BCUT2D eigenvalue weighted by Gasteiger charge is -2.32. The third-order valence-corrected chi connectivity index (χ3v) is 7.28. The summed E-state index contributed by atoms with van der Waals surface area (Å²) in [4.78, 5) is 39.5. The molecule has 3 amide bonds. The lowest BCUT2D eigenvalue weighted by atomic mass is 10.0. The minimum atomic E-state index is -1.34. The summed E-state index contributed by atoms with van der Waals surface area (Å²) in [5.41, 5.74) is 11.8. The summed E-state index contributed by atoms with van der Waals surface area (Å²) in [6.45, 7) is 3.29. The first-order chi connectivity index (χ1) is 19.7. The molecule has 0 saturated heterocycles. The van der Waals surface area contributed by atoms with E-state index in [0.29, 0.717) is 30.1 Å². The number of aromatic nitrogens is 2. The van der Waals surface area contributed by atoms with Crippen LogP contribution in [0.4, 0.5) is 26.2 Å². The van der Waals surface area contributed by atoms with Gasteiger partial charge in [0.2, 0.25) is 5.91 Å². The Balaban J connectivity index is 0.000000182. The van der Waals surface area contributed by atoms with Crippen molar-refractivity contribution in [1.29, 1.82) is 0 Å². The van der Waals surface area contributed by atoms with Crippen LogP contribution in [0.25, 0.3) is 0 Å². The molecule has 0 saturated carbocycles. The van der Waals surface area contributed by atoms with Crippen molar-refractivity contribution in [2.75, 3.05) is 28.3 Å². The van der Waals surface area contributed by atoms with Crippen LogP contribution >= 0.6 is 0 Å². The van der Waals surface area contributed by atoms with E-state index in [9.17, 15) is 18.8 Å². The van der Waals surface area contributed by atoms with E-state index < -0.39 is 11.9 Å². The van der Waals surface area contributed by atoms with Crippen molar-refractivity contribution in [3.8, 4) is 0 Å². The Kier molecular flexibility index (Phi) is 7.54. The number of amides is 3. The third kappa shape index (κ3) is 5.27. The summed E-state index contributed by atoms with van der Waals surface area (Å²) in [6, 6.07) is 19.8. The molecule has 210 valence electrons. The molecule has 11 heteroatoms. The van der Waals surface area contributed by atoms with Gasteiger partial charge in [-0.1, -0.05) is 30.3 Å². The van der Waals surface area contributed by atoms with E-state index in [-0.39, 0.29) is 29.7 Å². The largest absolute Gasteiger partial charge is 0.465 e. The van der Waals surface area contributed by atoms with E-state index in [0.717, 1.165) is 28.1 Å². The molecule has 0 spiro atoms. The highest BCUT2D eigenvalue weighted by Gasteiger charge is 2.32. The molecule has 3 N–H and O–H groups in total. The van der Waals surface area contributed by atoms with Crippen molar-refractivity contribution in [3.05, 3.63) is 107 Å². The van der Waals surface area contributed by atoms with Crippen LogP contribution in [-0.2, 0) is 24.4 Å². The van der Waals surface area contributed by atoms with Gasteiger partial charge in [0.05, 0.1) is 24.5 Å². The van der Waals surface area contributed by atoms with Gasteiger partial charge in [0.25, 0.3) is 5.91 Å². The number of aryl methyl sites for hydroxylation is 1. The normalized spacial score (nSPS) is 13.9. The smallest absolute Gasteiger partial charge is 0.412 e. The Labute approximate surface area is 236 Å². The first-order valence-corrected chi connectivity index (χ1v) is 12.9. The zero-order chi connectivity index (χ0) is 29.3. The second-order valence-electron chi connectivity index (χ2n) is 9.77. The van der Waals surface area contributed by atoms with E-state index in [1.807, 2.05) is 59.0 Å². The molecule has 4 aromatic rings. The van der Waals surface area contributed by atoms with Crippen molar-refractivity contribution >= 4 is 35.0 Å². The predicted molar refractivity (Wildman–Crippen MR) is 153 cm³/mol. The van der Waals surface area contributed by atoms with E-state index >= 15 is 0 Å². The number of rotatable bonds is 2. The lowest BCUT2D eigenvalue weighted by Crippen LogP contribution is -2.46. The second kappa shape index (κ2) is 11.2. The van der Waals surface area contributed by atoms with Gasteiger partial charge in [-0.3, -0.25) is 19.2 Å². The number of carbonyl (C=O) groups is 3. The summed E-state index contributed by atoms with van der Waals surface area (Å²) >= 11 is 0. The average molecular weight is 557 g/mol. The van der Waals surface area contributed by atoms with Gasteiger partial charge in [-0.15, -0.1) is 0 Å². The molecule has 10 nitrogen and oxygen atoms in total. The van der Waals surface area contributed by atoms with Crippen LogP contribution in [0, 0.1) is 12.7 Å². The van der Waals surface area contributed by atoms with E-state index in [4.69, 9.17) is 10.8 Å². The van der Waals surface area contributed by atoms with E-state index in [2.05, 4.69) is 11.2 Å². The van der Waals surface area contributed by atoms with Gasteiger partial charge in [-0.25, -0.2) is 9.18 Å². The molecular weight excluding hydrogens is 527 g/mol. The number of hydrogen-bond acceptors (Lipinski definition) is 5. The van der Waals surface area contributed by atoms with Crippen LogP contribution in [0.3, 0.4) is 0 Å². The SMILES string of the molecule is CN1C(=O)CN(C(=O)O)c2c(F)cccc21.Cc1cc(C(=O)N2Cc3ccnn3Cc3ccccc32)ccc1CN. The Hall–Kier alpha value is -5.03. The van der Waals surface area contributed by atoms with Crippen LogP contribution in [-0.4, -0.2) is 46.4 Å². The summed E-state index contributed by atoms with van der Waals surface area (Å²) in [5.74, 6) is -1.05. The Bertz CT molecular complexity index is 1650. The number of halogens is 1. The van der Waals surface area contributed by atoms with Crippen LogP contribution < -0.4 is 20.4 Å². The van der Waals surface area contributed by atoms with Gasteiger partial charge in [-0.2, -0.15) is 5.10 Å². The van der Waals surface area contributed by atoms with Gasteiger partial charge in [0.1, 0.15) is 18.0 Å². The molecule has 6 rings (SSSR count). The van der Waals surface area contributed by atoms with Gasteiger partial charge < -0.3 is 20.6 Å². The third-order valence-electron chi connectivity index (χ3n) is 7.28. The summed E-state index contributed by atoms with van der Waals surface area (Å²) in [6.07, 6.45) is 0.444. The fourth-order valence-corrected chi connectivity index (χ4v) is 5.01. The lowest BCUT2D eigenvalue weighted by molar-refractivity contribution is -0.117. The highest BCUT2D eigenvalue weighted by Crippen LogP contribution is 2.35. The van der Waals surface area contributed by atoms with Crippen molar-refractivity contribution in [2.45, 2.75) is 26.6 Å². The van der Waals surface area contributed by atoms with Gasteiger partial charge in [0.15, 0.2) is 0 Å². The Morgan fingerprint density at radius 1 is 0.976 bits per heavy atom. The van der Waals surface area contributed by atoms with Crippen LogP contribution in [0.2, 0.25) is 0 Å². The fraction of sp³-hybridized carbons (Fsp3) is 0.200. The summed E-state index contributed by atoms with van der Waals surface area (Å²) in [7, 11) is 1.49. The van der Waals surface area contributed by atoms with Crippen LogP contribution in [0.5, 0.6) is 0 Å². The molecule has 0 radical (unpaired) electrons. The molecule has 0 aliphatic carbocycles. The summed E-state index contributed by atoms with van der Waals surface area (Å²) in [5, 5.41) is 13.3. The maximum atomic E-state index is 13.5. The fourth-order valence-electron chi connectivity index (χ4n) is 5.01. The maximum Gasteiger partial charge on any atom is 0.412 e. The van der Waals surface area contributed by atoms with Gasteiger partial charge in [0, 0.05) is 31.0 Å². The number of hydrogen-bond donors (Lipinski definition) is 2. The summed E-state index contributed by atoms with van der Waals surface area (Å²) < 4.78 is 15.5. The zero-order valence-corrected chi connectivity index (χ0v) is 22.6. The number of anilines is 3. The highest BCUT2D eigenvalue weighted by molar-refractivity contribution is 6.09. The standard InChI is InChI=1S/C20H20N4O.C10H9FN2O3/c1-14-10-15(6-7-16(14)11-21)20(25)23-13-18-8-9-22-24(18)12-17-4-2-3-5-19(17)23;1-12-7-4-2-3-6(11)9(7)13(10(15)16)5-8(12)14/h2-10H,11-13,21H2,1H3;2-4H,5H2,1H3,(H,15,16). The number of likely N-dealkylation sites (N-methyl/N-ethyl adjacent to an activating group) is 1. The highest BCUT2D eigenvalue weighted by atomic mass is 19.1. The number of nitrogens with zero attached hydrogens (tertiary/aromatic N) is 5. The number of carboxylic acid groups (broad SMARTS) is 1. The first kappa shape index (κ1) is 27.5. The second-order valence-corrected chi connectivity index (χ2v) is 9.77.